The average molecular weight is 448 g/mol. The van der Waals surface area contributed by atoms with Crippen LogP contribution in [-0.4, -0.2) is 20.8 Å². The van der Waals surface area contributed by atoms with Crippen molar-refractivity contribution in [1.29, 1.82) is 0 Å². The number of alkyl halides is 1. The topological polar surface area (TPSA) is 46.2 Å². The van der Waals surface area contributed by atoms with Gasteiger partial charge in [-0.2, -0.15) is 0 Å². The first-order valence-corrected chi connectivity index (χ1v) is 9.89. The molecular formula is C13H18Br2ClNO2S. The number of nitrogens with one attached hydrogen (secondary N) is 1. The summed E-state index contributed by atoms with van der Waals surface area (Å²) >= 11 is 12.4. The highest BCUT2D eigenvalue weighted by atomic mass is 79.9. The fraction of sp³-hybridized carbons (Fsp3) is 0.538. The van der Waals surface area contributed by atoms with Gasteiger partial charge in [0.2, 0.25) is 10.0 Å². The second kappa shape index (κ2) is 8.13. The van der Waals surface area contributed by atoms with Crippen molar-refractivity contribution in [3.8, 4) is 0 Å². The van der Waals surface area contributed by atoms with E-state index in [0.29, 0.717) is 22.8 Å². The Labute approximate surface area is 142 Å². The number of benzene rings is 1. The molecule has 1 aromatic rings. The maximum absolute atomic E-state index is 12.2. The summed E-state index contributed by atoms with van der Waals surface area (Å²) in [5.41, 5.74) is 0.978. The standard InChI is InChI=1S/C13H18Br2ClNO2S/c1-9(8-16)4-3-5-17-20(18,19)13-7-11(14)10(2)6-12(13)15/h6-7,9,17H,3-5,8H2,1-2H3. The summed E-state index contributed by atoms with van der Waals surface area (Å²) in [6, 6.07) is 3.40. The van der Waals surface area contributed by atoms with Gasteiger partial charge in [0, 0.05) is 21.4 Å². The smallest absolute Gasteiger partial charge is 0.211 e. The first kappa shape index (κ1) is 18.4. The van der Waals surface area contributed by atoms with Crippen LogP contribution in [0.5, 0.6) is 0 Å². The zero-order valence-electron chi connectivity index (χ0n) is 11.4. The summed E-state index contributed by atoms with van der Waals surface area (Å²) in [5.74, 6) is 1.00. The van der Waals surface area contributed by atoms with E-state index in [1.165, 1.54) is 0 Å². The third kappa shape index (κ3) is 5.30. The van der Waals surface area contributed by atoms with Gasteiger partial charge < -0.3 is 0 Å². The van der Waals surface area contributed by atoms with Gasteiger partial charge in [-0.15, -0.1) is 11.6 Å². The van der Waals surface area contributed by atoms with Crippen molar-refractivity contribution >= 4 is 53.5 Å². The second-order valence-electron chi connectivity index (χ2n) is 4.83. The third-order valence-corrected chi connectivity index (χ3v) is 6.73. The summed E-state index contributed by atoms with van der Waals surface area (Å²) in [7, 11) is -3.49. The molecule has 0 saturated carbocycles. The average Bonchev–Trinajstić information content (AvgIpc) is 2.38. The SMILES string of the molecule is Cc1cc(Br)c(S(=O)(=O)NCCCC(C)CCl)cc1Br. The lowest BCUT2D eigenvalue weighted by Crippen LogP contribution is -2.25. The monoisotopic (exact) mass is 445 g/mol. The van der Waals surface area contributed by atoms with Crippen LogP contribution in [0.25, 0.3) is 0 Å². The molecule has 0 fully saturated rings. The van der Waals surface area contributed by atoms with Crippen LogP contribution in [0.1, 0.15) is 25.3 Å². The zero-order valence-corrected chi connectivity index (χ0v) is 16.2. The maximum Gasteiger partial charge on any atom is 0.241 e. The Kier molecular flexibility index (Phi) is 7.49. The van der Waals surface area contributed by atoms with Crippen molar-refractivity contribution in [3.05, 3.63) is 26.6 Å². The van der Waals surface area contributed by atoms with Gasteiger partial charge in [0.15, 0.2) is 0 Å². The summed E-state index contributed by atoms with van der Waals surface area (Å²) in [6.07, 6.45) is 1.68. The molecule has 0 aliphatic carbocycles. The molecule has 0 radical (unpaired) electrons. The Morgan fingerprint density at radius 3 is 2.55 bits per heavy atom. The van der Waals surface area contributed by atoms with Gasteiger partial charge in [-0.3, -0.25) is 0 Å². The summed E-state index contributed by atoms with van der Waals surface area (Å²) in [4.78, 5) is 0.250. The van der Waals surface area contributed by atoms with E-state index in [0.717, 1.165) is 22.9 Å². The van der Waals surface area contributed by atoms with E-state index in [2.05, 4.69) is 43.5 Å². The normalized spacial score (nSPS) is 13.4. The van der Waals surface area contributed by atoms with Gasteiger partial charge >= 0.3 is 0 Å². The van der Waals surface area contributed by atoms with E-state index in [9.17, 15) is 8.42 Å². The molecule has 0 heterocycles. The lowest BCUT2D eigenvalue weighted by molar-refractivity contribution is 0.543. The predicted molar refractivity (Wildman–Crippen MR) is 90.9 cm³/mol. The zero-order chi connectivity index (χ0) is 15.3. The van der Waals surface area contributed by atoms with Crippen molar-refractivity contribution in [2.24, 2.45) is 5.92 Å². The molecule has 1 unspecified atom stereocenters. The predicted octanol–water partition coefficient (Wildman–Crippen LogP) is 4.45. The minimum atomic E-state index is -3.49. The molecule has 0 spiro atoms. The molecule has 114 valence electrons. The van der Waals surface area contributed by atoms with Crippen molar-refractivity contribution in [3.63, 3.8) is 0 Å². The molecular weight excluding hydrogens is 429 g/mol. The Bertz CT molecular complexity index is 564. The molecule has 0 saturated heterocycles. The fourth-order valence-corrected chi connectivity index (χ4v) is 4.55. The minimum Gasteiger partial charge on any atom is -0.211 e. The van der Waals surface area contributed by atoms with Gasteiger partial charge in [0.05, 0.1) is 4.90 Å². The van der Waals surface area contributed by atoms with E-state index in [-0.39, 0.29) is 4.90 Å². The number of sulfonamides is 1. The van der Waals surface area contributed by atoms with Gasteiger partial charge in [-0.1, -0.05) is 22.9 Å². The highest BCUT2D eigenvalue weighted by Crippen LogP contribution is 2.28. The van der Waals surface area contributed by atoms with Crippen LogP contribution in [0.15, 0.2) is 26.0 Å². The van der Waals surface area contributed by atoms with Crippen molar-refractivity contribution < 1.29 is 8.42 Å². The first-order valence-electron chi connectivity index (χ1n) is 6.29. The Morgan fingerprint density at radius 1 is 1.30 bits per heavy atom. The molecule has 0 aliphatic rings. The van der Waals surface area contributed by atoms with Crippen LogP contribution in [0.3, 0.4) is 0 Å². The van der Waals surface area contributed by atoms with Gasteiger partial charge in [-0.25, -0.2) is 13.1 Å². The fourth-order valence-electron chi connectivity index (χ4n) is 1.65. The second-order valence-corrected chi connectivity index (χ2v) is 8.58. The van der Waals surface area contributed by atoms with Crippen LogP contribution in [-0.2, 0) is 10.0 Å². The number of hydrogen-bond donors (Lipinski definition) is 1. The Morgan fingerprint density at radius 2 is 1.95 bits per heavy atom. The summed E-state index contributed by atoms with van der Waals surface area (Å²) in [5, 5.41) is 0. The van der Waals surface area contributed by atoms with Gasteiger partial charge in [0.1, 0.15) is 0 Å². The van der Waals surface area contributed by atoms with Crippen LogP contribution in [0.4, 0.5) is 0 Å². The lowest BCUT2D eigenvalue weighted by atomic mass is 10.1. The number of aryl methyl sites for hydroxylation is 1. The molecule has 3 nitrogen and oxygen atoms in total. The maximum atomic E-state index is 12.2. The molecule has 1 rings (SSSR count). The van der Waals surface area contributed by atoms with Crippen molar-refractivity contribution in [2.45, 2.75) is 31.6 Å². The van der Waals surface area contributed by atoms with E-state index in [1.807, 2.05) is 6.92 Å². The molecule has 1 N–H and O–H groups in total. The van der Waals surface area contributed by atoms with Crippen LogP contribution in [0, 0.1) is 12.8 Å². The lowest BCUT2D eigenvalue weighted by Gasteiger charge is -2.11. The molecule has 1 aromatic carbocycles. The number of halogens is 3. The Hall–Kier alpha value is 0.380. The molecule has 0 aliphatic heterocycles. The van der Waals surface area contributed by atoms with Crippen molar-refractivity contribution in [2.75, 3.05) is 12.4 Å². The summed E-state index contributed by atoms with van der Waals surface area (Å²) < 4.78 is 28.5. The third-order valence-electron chi connectivity index (χ3n) is 2.93. The minimum absolute atomic E-state index is 0.250. The highest BCUT2D eigenvalue weighted by molar-refractivity contribution is 9.11. The molecule has 20 heavy (non-hydrogen) atoms. The number of hydrogen-bond acceptors (Lipinski definition) is 2. The number of rotatable bonds is 7. The van der Waals surface area contributed by atoms with Crippen molar-refractivity contribution in [1.82, 2.24) is 4.72 Å². The van der Waals surface area contributed by atoms with E-state index < -0.39 is 10.0 Å². The molecule has 7 heteroatoms. The first-order chi connectivity index (χ1) is 9.27. The highest BCUT2D eigenvalue weighted by Gasteiger charge is 2.18. The van der Waals surface area contributed by atoms with Gasteiger partial charge in [-0.05, 0) is 59.3 Å². The van der Waals surface area contributed by atoms with Crippen LogP contribution in [0.2, 0.25) is 0 Å². The quantitative estimate of drug-likeness (QED) is 0.496. The molecule has 1 atom stereocenters. The van der Waals surface area contributed by atoms with Gasteiger partial charge in [0.25, 0.3) is 0 Å². The van der Waals surface area contributed by atoms with Crippen LogP contribution >= 0.6 is 43.5 Å². The van der Waals surface area contributed by atoms with E-state index in [1.54, 1.807) is 12.1 Å². The Balaban J connectivity index is 2.72. The van der Waals surface area contributed by atoms with E-state index in [4.69, 9.17) is 11.6 Å². The van der Waals surface area contributed by atoms with Crippen LogP contribution < -0.4 is 4.72 Å². The molecule has 0 aromatic heterocycles. The largest absolute Gasteiger partial charge is 0.241 e. The molecule has 0 amide bonds. The summed E-state index contributed by atoms with van der Waals surface area (Å²) in [6.45, 7) is 4.38. The molecule has 0 bridgehead atoms. The van der Waals surface area contributed by atoms with E-state index >= 15 is 0 Å².